The highest BCUT2D eigenvalue weighted by Crippen LogP contribution is 2.38. The van der Waals surface area contributed by atoms with Crippen molar-refractivity contribution >= 4 is 102 Å². The van der Waals surface area contributed by atoms with Crippen molar-refractivity contribution in [2.24, 2.45) is 0 Å². The van der Waals surface area contributed by atoms with E-state index in [0.717, 1.165) is 75.9 Å². The fraction of sp³-hybridized carbons (Fsp3) is 0.290. The molecule has 3 aromatic carbocycles. The molecule has 0 spiro atoms. The van der Waals surface area contributed by atoms with Gasteiger partial charge in [-0.2, -0.15) is 13.1 Å². The summed E-state index contributed by atoms with van der Waals surface area (Å²) in [6, 6.07) is 19.2. The summed E-state index contributed by atoms with van der Waals surface area (Å²) < 4.78 is 73.1. The Morgan fingerprint density at radius 2 is 1.38 bits per heavy atom. The number of carboxylic acids is 1. The molecule has 10 rings (SSSR count). The van der Waals surface area contributed by atoms with E-state index in [0.29, 0.717) is 55.9 Å². The number of nitrogens with zero attached hydrogens (tertiary/aromatic N) is 9. The molecule has 0 fully saturated rings. The summed E-state index contributed by atoms with van der Waals surface area (Å²) in [6.07, 6.45) is 5.47. The lowest BCUT2D eigenvalue weighted by Crippen LogP contribution is -2.28. The number of rotatable bonds is 15. The number of amides is 2. The van der Waals surface area contributed by atoms with Crippen LogP contribution in [0.2, 0.25) is 0 Å². The Morgan fingerprint density at radius 1 is 0.778 bits per heavy atom. The Bertz CT molecular complexity index is 3990. The van der Waals surface area contributed by atoms with Gasteiger partial charge in [-0.15, -0.1) is 0 Å². The molecule has 28 heteroatoms. The van der Waals surface area contributed by atoms with Crippen molar-refractivity contribution in [3.05, 3.63) is 189 Å². The highest BCUT2D eigenvalue weighted by Gasteiger charge is 2.28. The molecule has 0 radical (unpaired) electrons. The molecule has 9 aromatic rings. The number of aryl methyl sites for hydroxylation is 3. The van der Waals surface area contributed by atoms with Crippen LogP contribution in [0.25, 0.3) is 11.1 Å². The Labute approximate surface area is 547 Å². The fourth-order valence-corrected chi connectivity index (χ4v) is 11.8. The van der Waals surface area contributed by atoms with E-state index in [2.05, 4.69) is 97.1 Å². The summed E-state index contributed by atoms with van der Waals surface area (Å²) in [5.74, 6) is -1.79. The lowest BCUT2D eigenvalue weighted by molar-refractivity contribution is 0.0689. The molecule has 0 saturated heterocycles. The SMILES string of the molecule is CCc1cc(CN(C)C(=O)c2ccc(F)cc2[C@@H](C)Oc2cc(Br)cnc2N)ns1.CCc1cc(CNC)ns1.CCc1snc2c1-c1cnc(N)c(c1)O[C@H](C)c1cc(F)ccc1C(=O)N(C)C2.C[C@@H](Oc1nc(Br)cnc1N)c1cc(F)ccc1C(=O)O. The van der Waals surface area contributed by atoms with Crippen LogP contribution >= 0.6 is 66.5 Å². The van der Waals surface area contributed by atoms with Gasteiger partial charge in [0.2, 0.25) is 0 Å². The monoisotopic (exact) mass is 1420 g/mol. The molecule has 8 N–H and O–H groups in total. The van der Waals surface area contributed by atoms with Crippen LogP contribution in [0, 0.1) is 17.5 Å². The number of fused-ring (bicyclic) bond motifs is 5. The Morgan fingerprint density at radius 3 is 2.02 bits per heavy atom. The second-order valence-corrected chi connectivity index (χ2v) is 24.6. The maximum absolute atomic E-state index is 14.0. The smallest absolute Gasteiger partial charge is 0.336 e. The van der Waals surface area contributed by atoms with Gasteiger partial charge in [0.05, 0.1) is 41.9 Å². The standard InChI is InChI=1S/C21H22BrFN4O2S.C21H21FN4O2S.C13H11BrFN3O3.C7H12N2S/c1-4-16-9-15(26-30-16)11-27(3)21(28)17-6-5-14(23)8-18(17)12(2)29-19-7-13(22)10-25-20(19)24;1-4-18-19-12-7-17(20(23)24-9-12)28-11(2)15-8-13(22)5-6-14(15)21(27)26(3)10-16(19)25-29-18;1-6(21-12-11(16)17-5-10(14)18-12)9-4-7(15)2-3-8(9)13(19)20;1-3-7-4-6(5-8-2)9-10-7/h5-10,12H,4,11H2,1-3H3,(H2,24,25);5-9,11H,4,10H2,1-3H3,(H2,23,24);2-6H,1H3,(H2,16,17)(H,19,20);4,8H,3,5H2,1-2H3/t12-;11-;6-;/m111./s1. The van der Waals surface area contributed by atoms with Gasteiger partial charge < -0.3 is 51.6 Å². The first-order chi connectivity index (χ1) is 42.9. The Hall–Kier alpha value is -8.15. The quantitative estimate of drug-likeness (QED) is 0.0637. The van der Waals surface area contributed by atoms with Crippen LogP contribution in [0.5, 0.6) is 17.4 Å². The molecule has 3 atom stereocenters. The molecule has 474 valence electrons. The number of halogens is 5. The predicted molar refractivity (Wildman–Crippen MR) is 350 cm³/mol. The maximum Gasteiger partial charge on any atom is 0.336 e. The molecular weight excluding hydrogens is 1350 g/mol. The lowest BCUT2D eigenvalue weighted by atomic mass is 10.00. The molecule has 90 heavy (non-hydrogen) atoms. The van der Waals surface area contributed by atoms with E-state index in [9.17, 15) is 27.6 Å². The molecule has 0 saturated carbocycles. The number of anilines is 3. The van der Waals surface area contributed by atoms with Gasteiger partial charge in [-0.3, -0.25) is 9.59 Å². The van der Waals surface area contributed by atoms with Gasteiger partial charge in [-0.25, -0.2) is 37.9 Å². The average Bonchev–Trinajstić information content (AvgIpc) is 1.67. The fourth-order valence-electron chi connectivity index (χ4n) is 9.04. The number of carbonyl (C=O) groups is 3. The molecular formula is C62H66Br2F3N13O7S3. The van der Waals surface area contributed by atoms with Gasteiger partial charge in [0, 0.05) is 91.1 Å². The summed E-state index contributed by atoms with van der Waals surface area (Å²) in [6.45, 7) is 12.9. The van der Waals surface area contributed by atoms with Gasteiger partial charge in [0.25, 0.3) is 17.7 Å². The van der Waals surface area contributed by atoms with Crippen LogP contribution in [0.4, 0.5) is 30.6 Å². The number of nitrogens with one attached hydrogen (secondary N) is 1. The summed E-state index contributed by atoms with van der Waals surface area (Å²) >= 11 is 10.9. The minimum absolute atomic E-state index is 0.0393. The summed E-state index contributed by atoms with van der Waals surface area (Å²) in [7, 11) is 5.35. The summed E-state index contributed by atoms with van der Waals surface area (Å²) in [5.41, 5.74) is 23.9. The van der Waals surface area contributed by atoms with Crippen molar-refractivity contribution in [1.82, 2.24) is 48.2 Å². The first-order valence-electron chi connectivity index (χ1n) is 28.0. The number of ether oxygens (including phenoxy) is 3. The van der Waals surface area contributed by atoms with Crippen molar-refractivity contribution < 1.29 is 46.9 Å². The minimum atomic E-state index is -1.17. The highest BCUT2D eigenvalue weighted by molar-refractivity contribution is 9.10. The third-order valence-corrected chi connectivity index (χ3v) is 17.4. The van der Waals surface area contributed by atoms with Gasteiger partial charge in [0.15, 0.2) is 29.0 Å². The predicted octanol–water partition coefficient (Wildman–Crippen LogP) is 13.4. The van der Waals surface area contributed by atoms with Crippen molar-refractivity contribution in [2.45, 2.75) is 98.8 Å². The zero-order valence-corrected chi connectivity index (χ0v) is 56.1. The first-order valence-corrected chi connectivity index (χ1v) is 31.9. The zero-order valence-electron chi connectivity index (χ0n) is 50.5. The number of hydrogen-bond donors (Lipinski definition) is 5. The second-order valence-electron chi connectivity index (χ2n) is 20.2. The zero-order chi connectivity index (χ0) is 65.5. The number of aromatic nitrogens is 7. The first kappa shape index (κ1) is 69.3. The number of nitrogens with two attached hydrogens (primary N) is 3. The molecule has 0 aliphatic carbocycles. The Balaban J connectivity index is 0.000000180. The van der Waals surface area contributed by atoms with Crippen molar-refractivity contribution in [3.8, 4) is 28.5 Å². The number of pyridine rings is 2. The average molecular weight is 1420 g/mol. The molecule has 7 heterocycles. The van der Waals surface area contributed by atoms with Crippen molar-refractivity contribution in [2.75, 3.05) is 38.3 Å². The Kier molecular flexibility index (Phi) is 24.7. The van der Waals surface area contributed by atoms with E-state index in [1.807, 2.05) is 19.2 Å². The van der Waals surface area contributed by atoms with Crippen LogP contribution in [0.1, 0.15) is 139 Å². The molecule has 2 amide bonds. The summed E-state index contributed by atoms with van der Waals surface area (Å²) in [4.78, 5) is 60.4. The van der Waals surface area contributed by atoms with E-state index in [1.165, 1.54) is 76.6 Å². The minimum Gasteiger partial charge on any atom is -0.482 e. The molecule has 6 aromatic heterocycles. The maximum atomic E-state index is 14.0. The van der Waals surface area contributed by atoms with Crippen LogP contribution in [-0.2, 0) is 38.9 Å². The lowest BCUT2D eigenvalue weighted by Gasteiger charge is -2.24. The van der Waals surface area contributed by atoms with E-state index >= 15 is 0 Å². The molecule has 20 nitrogen and oxygen atoms in total. The number of benzene rings is 3. The van der Waals surface area contributed by atoms with E-state index in [4.69, 9.17) is 36.5 Å². The molecule has 0 unspecified atom stereocenters. The molecule has 1 aliphatic heterocycles. The van der Waals surface area contributed by atoms with Crippen LogP contribution < -0.4 is 36.7 Å². The van der Waals surface area contributed by atoms with Gasteiger partial charge >= 0.3 is 5.97 Å². The van der Waals surface area contributed by atoms with Crippen LogP contribution in [-0.4, -0.2) is 86.9 Å². The van der Waals surface area contributed by atoms with Crippen molar-refractivity contribution in [1.29, 1.82) is 0 Å². The third-order valence-electron chi connectivity index (χ3n) is 13.6. The number of carbonyl (C=O) groups excluding carboxylic acids is 2. The van der Waals surface area contributed by atoms with Gasteiger partial charge in [0.1, 0.15) is 40.4 Å². The highest BCUT2D eigenvalue weighted by atomic mass is 79.9. The summed E-state index contributed by atoms with van der Waals surface area (Å²) in [5, 5.41) is 12.2. The second kappa shape index (κ2) is 32.0. The topological polar surface area (TPSA) is 286 Å². The van der Waals surface area contributed by atoms with Crippen LogP contribution in [0.3, 0.4) is 0 Å². The van der Waals surface area contributed by atoms with E-state index in [1.54, 1.807) is 74.7 Å². The van der Waals surface area contributed by atoms with E-state index < -0.39 is 41.7 Å². The number of nitrogen functional groups attached to an aromatic ring is 3. The van der Waals surface area contributed by atoms with Crippen molar-refractivity contribution in [3.63, 3.8) is 0 Å². The third kappa shape index (κ3) is 18.0. The number of carboxylic acid groups (broad SMARTS) is 1. The van der Waals surface area contributed by atoms with Gasteiger partial charge in [-0.05, 0) is 192 Å². The van der Waals surface area contributed by atoms with Crippen LogP contribution in [0.15, 0.2) is 107 Å². The molecule has 2 bridgehead atoms. The van der Waals surface area contributed by atoms with E-state index in [-0.39, 0.29) is 46.3 Å². The normalized spacial score (nSPS) is 13.2. The largest absolute Gasteiger partial charge is 0.482 e. The molecule has 1 aliphatic rings. The number of hydrogen-bond acceptors (Lipinski definition) is 20. The number of aromatic carboxylic acids is 1. The van der Waals surface area contributed by atoms with Gasteiger partial charge in [-0.1, -0.05) is 20.8 Å².